The highest BCUT2D eigenvalue weighted by atomic mass is 16.4. The van der Waals surface area contributed by atoms with E-state index in [1.54, 1.807) is 18.2 Å². The fourth-order valence-electron chi connectivity index (χ4n) is 2.07. The smallest absolute Gasteiger partial charge is 0.308 e. The summed E-state index contributed by atoms with van der Waals surface area (Å²) < 4.78 is 0. The van der Waals surface area contributed by atoms with Gasteiger partial charge >= 0.3 is 5.97 Å². The molecule has 1 heterocycles. The number of nitrogens with zero attached hydrogens (tertiary/aromatic N) is 2. The Bertz CT molecular complexity index is 560. The molecule has 1 saturated heterocycles. The third-order valence-corrected chi connectivity index (χ3v) is 3.04. The molecule has 5 heteroatoms. The summed E-state index contributed by atoms with van der Waals surface area (Å²) in [5, 5.41) is 18.0. The van der Waals surface area contributed by atoms with Crippen LogP contribution >= 0.6 is 0 Å². The number of carbonyl (C=O) groups is 2. The number of carboxylic acid groups (broad SMARTS) is 1. The van der Waals surface area contributed by atoms with Crippen molar-refractivity contribution in [2.24, 2.45) is 5.92 Å². The van der Waals surface area contributed by atoms with Gasteiger partial charge in [-0.3, -0.25) is 9.59 Å². The second-order valence-corrected chi connectivity index (χ2v) is 4.38. The number of aliphatic carboxylic acids is 1. The number of anilines is 1. The number of hydrogen-bond donors (Lipinski definition) is 1. The number of hydrogen-bond acceptors (Lipinski definition) is 3. The number of nitriles is 1. The van der Waals surface area contributed by atoms with Crippen LogP contribution in [0.3, 0.4) is 0 Å². The van der Waals surface area contributed by atoms with Gasteiger partial charge in [0, 0.05) is 13.0 Å². The van der Waals surface area contributed by atoms with E-state index in [2.05, 4.69) is 0 Å². The third kappa shape index (κ3) is 2.05. The number of amides is 1. The van der Waals surface area contributed by atoms with Gasteiger partial charge in [-0.15, -0.1) is 0 Å². The van der Waals surface area contributed by atoms with Gasteiger partial charge in [0.25, 0.3) is 0 Å². The topological polar surface area (TPSA) is 81.4 Å². The first kappa shape index (κ1) is 12.1. The molecule has 1 unspecified atom stereocenters. The third-order valence-electron chi connectivity index (χ3n) is 3.04. The van der Waals surface area contributed by atoms with Gasteiger partial charge < -0.3 is 10.0 Å². The van der Waals surface area contributed by atoms with Crippen molar-refractivity contribution in [1.82, 2.24) is 0 Å². The van der Waals surface area contributed by atoms with Crippen molar-refractivity contribution in [2.75, 3.05) is 11.4 Å². The van der Waals surface area contributed by atoms with Crippen LogP contribution in [0.5, 0.6) is 0 Å². The van der Waals surface area contributed by atoms with E-state index in [9.17, 15) is 9.59 Å². The maximum atomic E-state index is 11.8. The molecule has 0 aromatic heterocycles. The molecule has 1 fully saturated rings. The lowest BCUT2D eigenvalue weighted by Crippen LogP contribution is -2.26. The van der Waals surface area contributed by atoms with Gasteiger partial charge in [0.2, 0.25) is 5.91 Å². The average Bonchev–Trinajstić information content (AvgIpc) is 2.71. The maximum Gasteiger partial charge on any atom is 0.308 e. The number of carboxylic acids is 1. The lowest BCUT2D eigenvalue weighted by atomic mass is 10.1. The monoisotopic (exact) mass is 244 g/mol. The van der Waals surface area contributed by atoms with Crippen LogP contribution in [0, 0.1) is 24.2 Å². The van der Waals surface area contributed by atoms with Crippen molar-refractivity contribution in [2.45, 2.75) is 13.3 Å². The van der Waals surface area contributed by atoms with Crippen LogP contribution in [0.4, 0.5) is 5.69 Å². The van der Waals surface area contributed by atoms with Crippen LogP contribution < -0.4 is 4.90 Å². The molecule has 1 N–H and O–H groups in total. The van der Waals surface area contributed by atoms with Crippen LogP contribution in [0.15, 0.2) is 18.2 Å². The predicted molar refractivity (Wildman–Crippen MR) is 64.0 cm³/mol. The molecule has 0 aliphatic carbocycles. The van der Waals surface area contributed by atoms with Crippen molar-refractivity contribution in [3.8, 4) is 6.07 Å². The predicted octanol–water partition coefficient (Wildman–Crippen LogP) is 1.30. The normalized spacial score (nSPS) is 18.8. The first-order valence-corrected chi connectivity index (χ1v) is 5.57. The molecule has 2 rings (SSSR count). The van der Waals surface area contributed by atoms with Gasteiger partial charge in [0.15, 0.2) is 0 Å². The minimum Gasteiger partial charge on any atom is -0.481 e. The Morgan fingerprint density at radius 3 is 2.83 bits per heavy atom. The minimum absolute atomic E-state index is 0.00581. The van der Waals surface area contributed by atoms with Crippen molar-refractivity contribution in [3.05, 3.63) is 29.3 Å². The maximum absolute atomic E-state index is 11.8. The SMILES string of the molecule is Cc1ccc(C#N)c(N2CC(C(=O)O)CC2=O)c1. The molecule has 1 aliphatic rings. The summed E-state index contributed by atoms with van der Waals surface area (Å²) in [6, 6.07) is 7.19. The van der Waals surface area contributed by atoms with E-state index in [4.69, 9.17) is 10.4 Å². The second-order valence-electron chi connectivity index (χ2n) is 4.38. The van der Waals surface area contributed by atoms with E-state index in [0.717, 1.165) is 5.56 Å². The molecule has 0 radical (unpaired) electrons. The minimum atomic E-state index is -0.975. The van der Waals surface area contributed by atoms with E-state index >= 15 is 0 Å². The molecule has 5 nitrogen and oxygen atoms in total. The molecule has 1 amide bonds. The van der Waals surface area contributed by atoms with Crippen molar-refractivity contribution in [1.29, 1.82) is 5.26 Å². The Morgan fingerprint density at radius 2 is 2.28 bits per heavy atom. The summed E-state index contributed by atoms with van der Waals surface area (Å²) >= 11 is 0. The second kappa shape index (κ2) is 4.49. The molecule has 0 bridgehead atoms. The zero-order valence-electron chi connectivity index (χ0n) is 9.88. The standard InChI is InChI=1S/C13H12N2O3/c1-8-2-3-9(6-14)11(4-8)15-7-10(13(17)18)5-12(15)16/h2-4,10H,5,7H2,1H3,(H,17,18). The van der Waals surface area contributed by atoms with E-state index in [1.165, 1.54) is 4.90 Å². The summed E-state index contributed by atoms with van der Waals surface area (Å²) in [6.45, 7) is 1.99. The molecule has 0 saturated carbocycles. The molecular weight excluding hydrogens is 232 g/mol. The van der Waals surface area contributed by atoms with Crippen molar-refractivity contribution in [3.63, 3.8) is 0 Å². The molecule has 92 valence electrons. The Kier molecular flexibility index (Phi) is 3.02. The van der Waals surface area contributed by atoms with E-state index in [1.807, 2.05) is 13.0 Å². The van der Waals surface area contributed by atoms with Crippen LogP contribution in [-0.4, -0.2) is 23.5 Å². The molecule has 1 aromatic carbocycles. The summed E-state index contributed by atoms with van der Waals surface area (Å²) in [6.07, 6.45) is -0.00581. The highest BCUT2D eigenvalue weighted by molar-refractivity contribution is 6.00. The number of carbonyl (C=O) groups excluding carboxylic acids is 1. The van der Waals surface area contributed by atoms with Gasteiger partial charge in [-0.25, -0.2) is 0 Å². The van der Waals surface area contributed by atoms with Gasteiger partial charge in [-0.05, 0) is 24.6 Å². The zero-order valence-corrected chi connectivity index (χ0v) is 9.88. The van der Waals surface area contributed by atoms with Crippen LogP contribution in [0.2, 0.25) is 0 Å². The fourth-order valence-corrected chi connectivity index (χ4v) is 2.07. The van der Waals surface area contributed by atoms with Gasteiger partial charge in [0.1, 0.15) is 6.07 Å². The largest absolute Gasteiger partial charge is 0.481 e. The Hall–Kier alpha value is -2.35. The fraction of sp³-hybridized carbons (Fsp3) is 0.308. The summed E-state index contributed by atoms with van der Waals surface area (Å²) in [5.41, 5.74) is 1.82. The zero-order chi connectivity index (χ0) is 13.3. The molecule has 1 atom stereocenters. The summed E-state index contributed by atoms with van der Waals surface area (Å²) in [7, 11) is 0. The van der Waals surface area contributed by atoms with Gasteiger partial charge in [-0.2, -0.15) is 5.26 Å². The van der Waals surface area contributed by atoms with Gasteiger partial charge in [0.05, 0.1) is 17.2 Å². The highest BCUT2D eigenvalue weighted by Crippen LogP contribution is 2.28. The summed E-state index contributed by atoms with van der Waals surface area (Å²) in [5.74, 6) is -1.91. The van der Waals surface area contributed by atoms with Crippen LogP contribution in [0.1, 0.15) is 17.5 Å². The van der Waals surface area contributed by atoms with E-state index in [-0.39, 0.29) is 18.9 Å². The Balaban J connectivity index is 2.38. The van der Waals surface area contributed by atoms with Crippen molar-refractivity contribution < 1.29 is 14.7 Å². The number of rotatable bonds is 2. The molecule has 18 heavy (non-hydrogen) atoms. The van der Waals surface area contributed by atoms with E-state index in [0.29, 0.717) is 11.3 Å². The van der Waals surface area contributed by atoms with Gasteiger partial charge in [-0.1, -0.05) is 6.07 Å². The Labute approximate surface area is 104 Å². The van der Waals surface area contributed by atoms with E-state index < -0.39 is 11.9 Å². The first-order chi connectivity index (χ1) is 8.52. The molecule has 1 aliphatic heterocycles. The lowest BCUT2D eigenvalue weighted by molar-refractivity contribution is -0.141. The van der Waals surface area contributed by atoms with Crippen molar-refractivity contribution >= 4 is 17.6 Å². The lowest BCUT2D eigenvalue weighted by Gasteiger charge is -2.18. The first-order valence-electron chi connectivity index (χ1n) is 5.57. The summed E-state index contributed by atoms with van der Waals surface area (Å²) in [4.78, 5) is 24.1. The number of benzene rings is 1. The highest BCUT2D eigenvalue weighted by Gasteiger charge is 2.35. The molecular formula is C13H12N2O3. The quantitative estimate of drug-likeness (QED) is 0.850. The number of aryl methyl sites for hydroxylation is 1. The van der Waals surface area contributed by atoms with Crippen LogP contribution in [0.25, 0.3) is 0 Å². The molecule has 1 aromatic rings. The van der Waals surface area contributed by atoms with Crippen LogP contribution in [-0.2, 0) is 9.59 Å². The average molecular weight is 244 g/mol. The molecule has 0 spiro atoms. The Morgan fingerprint density at radius 1 is 1.56 bits per heavy atom.